The molecule has 1 fully saturated rings. The van der Waals surface area contributed by atoms with Crippen LogP contribution >= 0.6 is 0 Å². The van der Waals surface area contributed by atoms with Gasteiger partial charge in [-0.2, -0.15) is 0 Å². The monoisotopic (exact) mass is 155 g/mol. The highest BCUT2D eigenvalue weighted by atomic mass is 14.5. The van der Waals surface area contributed by atoms with E-state index >= 15 is 0 Å². The van der Waals surface area contributed by atoms with Gasteiger partial charge < -0.3 is 5.73 Å². The van der Waals surface area contributed by atoms with Crippen molar-refractivity contribution in [3.05, 3.63) is 0 Å². The van der Waals surface area contributed by atoms with Gasteiger partial charge in [0.1, 0.15) is 0 Å². The lowest BCUT2D eigenvalue weighted by atomic mass is 9.86. The molecule has 0 spiro atoms. The predicted octanol–water partition coefficient (Wildman–Crippen LogP) is 2.55. The zero-order valence-electron chi connectivity index (χ0n) is 7.68. The fourth-order valence-corrected chi connectivity index (χ4v) is 1.97. The molecule has 1 nitrogen and oxygen atoms in total. The summed E-state index contributed by atoms with van der Waals surface area (Å²) >= 11 is 0. The molecule has 2 N–H and O–H groups in total. The molecule has 0 saturated heterocycles. The summed E-state index contributed by atoms with van der Waals surface area (Å²) in [5, 5.41) is 0. The molecular weight excluding hydrogens is 134 g/mol. The van der Waals surface area contributed by atoms with Crippen LogP contribution < -0.4 is 5.73 Å². The molecule has 0 aromatic heterocycles. The Morgan fingerprint density at radius 3 is 2.55 bits per heavy atom. The van der Waals surface area contributed by atoms with E-state index in [0.29, 0.717) is 0 Å². The summed E-state index contributed by atoms with van der Waals surface area (Å²) in [6.45, 7) is 3.28. The molecule has 0 heterocycles. The van der Waals surface area contributed by atoms with E-state index in [9.17, 15) is 0 Å². The van der Waals surface area contributed by atoms with Gasteiger partial charge in [0.25, 0.3) is 0 Å². The van der Waals surface area contributed by atoms with Crippen molar-refractivity contribution in [3.63, 3.8) is 0 Å². The summed E-state index contributed by atoms with van der Waals surface area (Å²) < 4.78 is 0. The first-order valence-electron chi connectivity index (χ1n) is 5.03. The van der Waals surface area contributed by atoms with E-state index in [1.54, 1.807) is 0 Å². The Hall–Kier alpha value is -0.0400. The van der Waals surface area contributed by atoms with Crippen molar-refractivity contribution in [2.24, 2.45) is 17.6 Å². The van der Waals surface area contributed by atoms with Crippen molar-refractivity contribution in [2.75, 3.05) is 6.54 Å². The quantitative estimate of drug-likeness (QED) is 0.618. The first kappa shape index (κ1) is 9.05. The maximum Gasteiger partial charge on any atom is -0.00489 e. The number of rotatable bonds is 1. The minimum Gasteiger partial charge on any atom is -0.330 e. The maximum atomic E-state index is 5.67. The molecule has 1 saturated carbocycles. The van der Waals surface area contributed by atoms with E-state index in [1.807, 2.05) is 0 Å². The van der Waals surface area contributed by atoms with Gasteiger partial charge in [0.15, 0.2) is 0 Å². The van der Waals surface area contributed by atoms with Crippen LogP contribution in [0.5, 0.6) is 0 Å². The fourth-order valence-electron chi connectivity index (χ4n) is 1.97. The maximum absolute atomic E-state index is 5.67. The normalized spacial score (nSPS) is 34.4. The van der Waals surface area contributed by atoms with Crippen LogP contribution in [-0.2, 0) is 0 Å². The third-order valence-corrected chi connectivity index (χ3v) is 2.96. The van der Waals surface area contributed by atoms with Gasteiger partial charge in [-0.3, -0.25) is 0 Å². The second-order valence-corrected chi connectivity index (χ2v) is 4.07. The van der Waals surface area contributed by atoms with Crippen LogP contribution in [0.2, 0.25) is 0 Å². The Labute approximate surface area is 70.4 Å². The Morgan fingerprint density at radius 1 is 1.09 bits per heavy atom. The van der Waals surface area contributed by atoms with Gasteiger partial charge in [0.05, 0.1) is 0 Å². The van der Waals surface area contributed by atoms with Crippen LogP contribution in [0.3, 0.4) is 0 Å². The van der Waals surface area contributed by atoms with E-state index in [0.717, 1.165) is 18.4 Å². The molecule has 1 rings (SSSR count). The summed E-state index contributed by atoms with van der Waals surface area (Å²) in [6.07, 6.45) is 8.43. The van der Waals surface area contributed by atoms with E-state index in [2.05, 4.69) is 6.92 Å². The van der Waals surface area contributed by atoms with Crippen molar-refractivity contribution in [1.82, 2.24) is 0 Å². The van der Waals surface area contributed by atoms with Gasteiger partial charge in [-0.05, 0) is 31.2 Å². The smallest absolute Gasteiger partial charge is 0.00489 e. The molecule has 0 radical (unpaired) electrons. The van der Waals surface area contributed by atoms with Crippen LogP contribution in [-0.4, -0.2) is 6.54 Å². The Balaban J connectivity index is 2.25. The zero-order chi connectivity index (χ0) is 8.10. The molecule has 0 aromatic rings. The summed E-state index contributed by atoms with van der Waals surface area (Å²) in [6, 6.07) is 0. The fraction of sp³-hybridized carbons (Fsp3) is 1.00. The summed E-state index contributed by atoms with van der Waals surface area (Å²) in [4.78, 5) is 0. The SMILES string of the molecule is CC1CCCC[C@@H](CN)CC1. The third kappa shape index (κ3) is 3.24. The van der Waals surface area contributed by atoms with Gasteiger partial charge in [-0.25, -0.2) is 0 Å². The highest BCUT2D eigenvalue weighted by Crippen LogP contribution is 2.24. The minimum absolute atomic E-state index is 0.831. The van der Waals surface area contributed by atoms with E-state index < -0.39 is 0 Å². The van der Waals surface area contributed by atoms with E-state index in [1.165, 1.54) is 38.5 Å². The van der Waals surface area contributed by atoms with Gasteiger partial charge in [0.2, 0.25) is 0 Å². The van der Waals surface area contributed by atoms with Crippen LogP contribution in [0, 0.1) is 11.8 Å². The average molecular weight is 155 g/mol. The molecule has 1 aliphatic carbocycles. The number of nitrogens with two attached hydrogens (primary N) is 1. The summed E-state index contributed by atoms with van der Waals surface area (Å²) in [5.41, 5.74) is 5.67. The minimum atomic E-state index is 0.831. The zero-order valence-corrected chi connectivity index (χ0v) is 7.68. The van der Waals surface area contributed by atoms with Crippen LogP contribution in [0.1, 0.15) is 45.4 Å². The molecule has 0 aliphatic heterocycles. The molecule has 1 heteroatoms. The van der Waals surface area contributed by atoms with Crippen molar-refractivity contribution in [1.29, 1.82) is 0 Å². The molecule has 1 aliphatic rings. The Bertz CT molecular complexity index is 101. The first-order valence-corrected chi connectivity index (χ1v) is 5.03. The molecule has 0 bridgehead atoms. The van der Waals surface area contributed by atoms with Crippen molar-refractivity contribution < 1.29 is 0 Å². The molecule has 2 atom stereocenters. The van der Waals surface area contributed by atoms with Gasteiger partial charge in [-0.1, -0.05) is 32.6 Å². The van der Waals surface area contributed by atoms with Gasteiger partial charge in [0, 0.05) is 0 Å². The Kier molecular flexibility index (Phi) is 3.92. The molecule has 0 amide bonds. The van der Waals surface area contributed by atoms with Crippen molar-refractivity contribution in [2.45, 2.75) is 45.4 Å². The highest BCUT2D eigenvalue weighted by Gasteiger charge is 2.12. The lowest BCUT2D eigenvalue weighted by molar-refractivity contribution is 0.331. The molecule has 0 aromatic carbocycles. The molecule has 11 heavy (non-hydrogen) atoms. The predicted molar refractivity (Wildman–Crippen MR) is 49.4 cm³/mol. The lowest BCUT2D eigenvalue weighted by Crippen LogP contribution is -2.17. The first-order chi connectivity index (χ1) is 5.33. The molecular formula is C10H21N. The van der Waals surface area contributed by atoms with Crippen LogP contribution in [0.25, 0.3) is 0 Å². The number of hydrogen-bond acceptors (Lipinski definition) is 1. The van der Waals surface area contributed by atoms with Crippen LogP contribution in [0.15, 0.2) is 0 Å². The second kappa shape index (κ2) is 4.76. The third-order valence-electron chi connectivity index (χ3n) is 2.96. The summed E-state index contributed by atoms with van der Waals surface area (Å²) in [5.74, 6) is 1.78. The highest BCUT2D eigenvalue weighted by molar-refractivity contribution is 4.66. The lowest BCUT2D eigenvalue weighted by Gasteiger charge is -2.21. The topological polar surface area (TPSA) is 26.0 Å². The average Bonchev–Trinajstić information content (AvgIpc) is 1.98. The largest absolute Gasteiger partial charge is 0.330 e. The Morgan fingerprint density at radius 2 is 1.82 bits per heavy atom. The van der Waals surface area contributed by atoms with Gasteiger partial charge in [-0.15, -0.1) is 0 Å². The molecule has 1 unspecified atom stereocenters. The number of hydrogen-bond donors (Lipinski definition) is 1. The summed E-state index contributed by atoms with van der Waals surface area (Å²) in [7, 11) is 0. The van der Waals surface area contributed by atoms with E-state index in [4.69, 9.17) is 5.73 Å². The van der Waals surface area contributed by atoms with E-state index in [-0.39, 0.29) is 0 Å². The second-order valence-electron chi connectivity index (χ2n) is 4.07. The standard InChI is InChI=1S/C10H21N/c1-9-4-2-3-5-10(8-11)7-6-9/h9-10H,2-8,11H2,1H3/t9?,10-/m1/s1. The van der Waals surface area contributed by atoms with Crippen LogP contribution in [0.4, 0.5) is 0 Å². The molecule has 66 valence electrons. The van der Waals surface area contributed by atoms with Crippen molar-refractivity contribution >= 4 is 0 Å². The van der Waals surface area contributed by atoms with Crippen molar-refractivity contribution in [3.8, 4) is 0 Å². The van der Waals surface area contributed by atoms with Gasteiger partial charge >= 0.3 is 0 Å².